The predicted molar refractivity (Wildman–Crippen MR) is 71.7 cm³/mol. The van der Waals surface area contributed by atoms with E-state index in [1.165, 1.54) is 11.1 Å². The SMILES string of the molecule is CCOC(=O)c1[nH]ccc1-c1ccc(C)c(C)c1. The fourth-order valence-corrected chi connectivity index (χ4v) is 1.89. The molecule has 0 saturated heterocycles. The van der Waals surface area contributed by atoms with Crippen LogP contribution in [0.1, 0.15) is 28.5 Å². The quantitative estimate of drug-likeness (QED) is 0.839. The number of esters is 1. The van der Waals surface area contributed by atoms with E-state index in [0.717, 1.165) is 11.1 Å². The van der Waals surface area contributed by atoms with E-state index in [4.69, 9.17) is 4.74 Å². The summed E-state index contributed by atoms with van der Waals surface area (Å²) in [6, 6.07) is 8.07. The Bertz CT molecular complexity index is 570. The maximum atomic E-state index is 11.8. The lowest BCUT2D eigenvalue weighted by Crippen LogP contribution is -2.06. The first-order valence-electron chi connectivity index (χ1n) is 6.05. The van der Waals surface area contributed by atoms with Gasteiger partial charge in [0, 0.05) is 11.8 Å². The third-order valence-electron chi connectivity index (χ3n) is 3.04. The van der Waals surface area contributed by atoms with E-state index in [1.807, 2.05) is 12.1 Å². The van der Waals surface area contributed by atoms with Gasteiger partial charge in [-0.2, -0.15) is 0 Å². The molecule has 0 bridgehead atoms. The molecule has 0 aliphatic carbocycles. The van der Waals surface area contributed by atoms with Crippen LogP contribution in [-0.4, -0.2) is 17.6 Å². The molecule has 2 rings (SSSR count). The van der Waals surface area contributed by atoms with Crippen molar-refractivity contribution in [2.24, 2.45) is 0 Å². The van der Waals surface area contributed by atoms with Crippen LogP contribution in [0, 0.1) is 13.8 Å². The average molecular weight is 243 g/mol. The third kappa shape index (κ3) is 2.30. The minimum Gasteiger partial charge on any atom is -0.461 e. The molecule has 0 radical (unpaired) electrons. The Morgan fingerprint density at radius 3 is 2.67 bits per heavy atom. The summed E-state index contributed by atoms with van der Waals surface area (Å²) in [4.78, 5) is 14.7. The number of aromatic nitrogens is 1. The molecule has 94 valence electrons. The molecule has 0 saturated carbocycles. The minimum atomic E-state index is -0.310. The van der Waals surface area contributed by atoms with Gasteiger partial charge in [0.05, 0.1) is 6.61 Å². The van der Waals surface area contributed by atoms with Crippen LogP contribution in [0.4, 0.5) is 0 Å². The minimum absolute atomic E-state index is 0.310. The van der Waals surface area contributed by atoms with Gasteiger partial charge in [-0.15, -0.1) is 0 Å². The fourth-order valence-electron chi connectivity index (χ4n) is 1.89. The highest BCUT2D eigenvalue weighted by Crippen LogP contribution is 2.25. The van der Waals surface area contributed by atoms with Crippen molar-refractivity contribution in [1.29, 1.82) is 0 Å². The van der Waals surface area contributed by atoms with E-state index >= 15 is 0 Å². The number of H-pyrrole nitrogens is 1. The molecule has 0 aliphatic rings. The Balaban J connectivity index is 2.42. The summed E-state index contributed by atoms with van der Waals surface area (Å²) in [7, 11) is 0. The highest BCUT2D eigenvalue weighted by Gasteiger charge is 2.15. The van der Waals surface area contributed by atoms with Crippen molar-refractivity contribution in [3.8, 4) is 11.1 Å². The van der Waals surface area contributed by atoms with Crippen molar-refractivity contribution >= 4 is 5.97 Å². The van der Waals surface area contributed by atoms with E-state index in [1.54, 1.807) is 13.1 Å². The highest BCUT2D eigenvalue weighted by molar-refractivity contribution is 5.95. The van der Waals surface area contributed by atoms with Crippen LogP contribution in [0.2, 0.25) is 0 Å². The van der Waals surface area contributed by atoms with Gasteiger partial charge in [0.25, 0.3) is 0 Å². The number of carbonyl (C=O) groups excluding carboxylic acids is 1. The van der Waals surface area contributed by atoms with Crippen molar-refractivity contribution in [2.45, 2.75) is 20.8 Å². The molecular formula is C15H17NO2. The van der Waals surface area contributed by atoms with Crippen LogP contribution in [-0.2, 0) is 4.74 Å². The molecule has 0 amide bonds. The lowest BCUT2D eigenvalue weighted by molar-refractivity contribution is 0.0521. The molecule has 1 aromatic heterocycles. The number of ether oxygens (including phenoxy) is 1. The van der Waals surface area contributed by atoms with Gasteiger partial charge < -0.3 is 9.72 Å². The predicted octanol–water partition coefficient (Wildman–Crippen LogP) is 3.48. The van der Waals surface area contributed by atoms with E-state index in [9.17, 15) is 4.79 Å². The fraction of sp³-hybridized carbons (Fsp3) is 0.267. The number of aryl methyl sites for hydroxylation is 2. The molecular weight excluding hydrogens is 226 g/mol. The first-order chi connectivity index (χ1) is 8.63. The van der Waals surface area contributed by atoms with Gasteiger partial charge in [-0.3, -0.25) is 0 Å². The molecule has 1 heterocycles. The standard InChI is InChI=1S/C15H17NO2/c1-4-18-15(17)14-13(7-8-16-14)12-6-5-10(2)11(3)9-12/h5-9,16H,4H2,1-3H3. The zero-order valence-electron chi connectivity index (χ0n) is 10.9. The van der Waals surface area contributed by atoms with Crippen LogP contribution >= 0.6 is 0 Å². The third-order valence-corrected chi connectivity index (χ3v) is 3.04. The lowest BCUT2D eigenvalue weighted by Gasteiger charge is -2.06. The van der Waals surface area contributed by atoms with Crippen molar-refractivity contribution < 1.29 is 9.53 Å². The van der Waals surface area contributed by atoms with E-state index in [-0.39, 0.29) is 5.97 Å². The van der Waals surface area contributed by atoms with E-state index in [2.05, 4.69) is 31.0 Å². The summed E-state index contributed by atoms with van der Waals surface area (Å²) < 4.78 is 5.03. The summed E-state index contributed by atoms with van der Waals surface area (Å²) in [5.41, 5.74) is 4.88. The number of carbonyl (C=O) groups is 1. The summed E-state index contributed by atoms with van der Waals surface area (Å²) >= 11 is 0. The zero-order chi connectivity index (χ0) is 13.1. The molecule has 0 aliphatic heterocycles. The van der Waals surface area contributed by atoms with Crippen LogP contribution in [0.25, 0.3) is 11.1 Å². The topological polar surface area (TPSA) is 42.1 Å². The molecule has 1 N–H and O–H groups in total. The zero-order valence-corrected chi connectivity index (χ0v) is 10.9. The number of hydrogen-bond acceptors (Lipinski definition) is 2. The number of benzene rings is 1. The molecule has 1 aromatic carbocycles. The van der Waals surface area contributed by atoms with Crippen LogP contribution in [0.3, 0.4) is 0 Å². The first-order valence-corrected chi connectivity index (χ1v) is 6.05. The Labute approximate surface area is 107 Å². The molecule has 2 aromatic rings. The summed E-state index contributed by atoms with van der Waals surface area (Å²) in [5.74, 6) is -0.310. The van der Waals surface area contributed by atoms with Gasteiger partial charge in [-0.05, 0) is 43.5 Å². The molecule has 0 atom stereocenters. The summed E-state index contributed by atoms with van der Waals surface area (Å²) in [6.07, 6.45) is 1.76. The molecule has 3 nitrogen and oxygen atoms in total. The van der Waals surface area contributed by atoms with Gasteiger partial charge in [0.1, 0.15) is 5.69 Å². The Morgan fingerprint density at radius 2 is 2.00 bits per heavy atom. The summed E-state index contributed by atoms with van der Waals surface area (Å²) in [6.45, 7) is 6.32. The number of hydrogen-bond donors (Lipinski definition) is 1. The van der Waals surface area contributed by atoms with Crippen LogP contribution < -0.4 is 0 Å². The van der Waals surface area contributed by atoms with Crippen molar-refractivity contribution in [3.05, 3.63) is 47.3 Å². The molecule has 0 unspecified atom stereocenters. The summed E-state index contributed by atoms with van der Waals surface area (Å²) in [5, 5.41) is 0. The normalized spacial score (nSPS) is 10.4. The van der Waals surface area contributed by atoms with Gasteiger partial charge in [0.15, 0.2) is 0 Å². The number of nitrogens with one attached hydrogen (secondary N) is 1. The maximum Gasteiger partial charge on any atom is 0.355 e. The van der Waals surface area contributed by atoms with Gasteiger partial charge in [0.2, 0.25) is 0 Å². The van der Waals surface area contributed by atoms with Crippen LogP contribution in [0.15, 0.2) is 30.5 Å². The molecule has 0 fully saturated rings. The Hall–Kier alpha value is -2.03. The Kier molecular flexibility index (Phi) is 3.51. The highest BCUT2D eigenvalue weighted by atomic mass is 16.5. The molecule has 0 spiro atoms. The number of aromatic amines is 1. The maximum absolute atomic E-state index is 11.8. The average Bonchev–Trinajstić information content (AvgIpc) is 2.82. The molecule has 3 heteroatoms. The lowest BCUT2D eigenvalue weighted by atomic mass is 10.0. The van der Waals surface area contributed by atoms with Crippen molar-refractivity contribution in [2.75, 3.05) is 6.61 Å². The van der Waals surface area contributed by atoms with Crippen LogP contribution in [0.5, 0.6) is 0 Å². The largest absolute Gasteiger partial charge is 0.461 e. The first kappa shape index (κ1) is 12.4. The Morgan fingerprint density at radius 1 is 1.22 bits per heavy atom. The second-order valence-electron chi connectivity index (χ2n) is 4.29. The van der Waals surface area contributed by atoms with Crippen molar-refractivity contribution in [1.82, 2.24) is 4.98 Å². The second-order valence-corrected chi connectivity index (χ2v) is 4.29. The monoisotopic (exact) mass is 243 g/mol. The van der Waals surface area contributed by atoms with E-state index < -0.39 is 0 Å². The smallest absolute Gasteiger partial charge is 0.355 e. The number of rotatable bonds is 3. The van der Waals surface area contributed by atoms with Gasteiger partial charge in [-0.1, -0.05) is 18.2 Å². The van der Waals surface area contributed by atoms with Gasteiger partial charge in [-0.25, -0.2) is 4.79 Å². The van der Waals surface area contributed by atoms with E-state index in [0.29, 0.717) is 12.3 Å². The molecule has 18 heavy (non-hydrogen) atoms. The van der Waals surface area contributed by atoms with Gasteiger partial charge >= 0.3 is 5.97 Å². The van der Waals surface area contributed by atoms with Crippen molar-refractivity contribution in [3.63, 3.8) is 0 Å². The second kappa shape index (κ2) is 5.08.